The number of hydrogen-bond acceptors (Lipinski definition) is 3. The van der Waals surface area contributed by atoms with Crippen molar-refractivity contribution in [3.8, 4) is 0 Å². The predicted octanol–water partition coefficient (Wildman–Crippen LogP) is 3.70. The Bertz CT molecular complexity index is 757. The van der Waals surface area contributed by atoms with Crippen LogP contribution in [0.15, 0.2) is 59.0 Å². The van der Waals surface area contributed by atoms with Crippen molar-refractivity contribution in [2.45, 2.75) is 13.0 Å². The number of amides is 1. The Kier molecular flexibility index (Phi) is 3.46. The van der Waals surface area contributed by atoms with Gasteiger partial charge in [0.25, 0.3) is 5.91 Å². The van der Waals surface area contributed by atoms with Crippen LogP contribution < -0.4 is 11.1 Å². The summed E-state index contributed by atoms with van der Waals surface area (Å²) in [4.78, 5) is 12.3. The lowest BCUT2D eigenvalue weighted by molar-refractivity contribution is 0.0998. The predicted molar refractivity (Wildman–Crippen MR) is 83.2 cm³/mol. The van der Waals surface area contributed by atoms with E-state index in [0.717, 1.165) is 10.9 Å². The van der Waals surface area contributed by atoms with Gasteiger partial charge in [0.15, 0.2) is 5.76 Å². The van der Waals surface area contributed by atoms with Gasteiger partial charge in [0.1, 0.15) is 5.58 Å². The normalized spacial score (nSPS) is 12.3. The fourth-order valence-electron chi connectivity index (χ4n) is 2.29. The first-order valence-electron chi connectivity index (χ1n) is 6.79. The molecule has 3 rings (SSSR count). The number of rotatable bonds is 3. The average Bonchev–Trinajstić information content (AvgIpc) is 2.91. The van der Waals surface area contributed by atoms with Crippen molar-refractivity contribution in [3.05, 3.63) is 65.9 Å². The Hall–Kier alpha value is -2.59. The first kappa shape index (κ1) is 13.4. The van der Waals surface area contributed by atoms with Gasteiger partial charge in [0.2, 0.25) is 0 Å². The van der Waals surface area contributed by atoms with E-state index in [4.69, 9.17) is 10.2 Å². The van der Waals surface area contributed by atoms with E-state index in [1.54, 1.807) is 6.07 Å². The number of fused-ring (bicyclic) bond motifs is 1. The number of benzene rings is 2. The van der Waals surface area contributed by atoms with Crippen LogP contribution in [0.4, 0.5) is 5.69 Å². The van der Waals surface area contributed by atoms with Crippen LogP contribution in [0.25, 0.3) is 11.0 Å². The average molecular weight is 280 g/mol. The fourth-order valence-corrected chi connectivity index (χ4v) is 2.29. The van der Waals surface area contributed by atoms with E-state index in [9.17, 15) is 4.79 Å². The molecule has 1 heterocycles. The number of carbonyl (C=O) groups is 1. The van der Waals surface area contributed by atoms with E-state index in [1.807, 2.05) is 55.5 Å². The highest BCUT2D eigenvalue weighted by Crippen LogP contribution is 2.23. The van der Waals surface area contributed by atoms with Crippen molar-refractivity contribution < 1.29 is 9.21 Å². The standard InChI is InChI=1S/C17H16N2O2/c1-11(18)13-7-3-4-8-14(13)19-17(20)16-10-12-6-2-5-9-15(12)21-16/h2-11H,18H2,1H3,(H,19,20). The smallest absolute Gasteiger partial charge is 0.291 e. The highest BCUT2D eigenvalue weighted by molar-refractivity contribution is 6.05. The van der Waals surface area contributed by atoms with Crippen molar-refractivity contribution in [1.82, 2.24) is 0 Å². The molecule has 0 aliphatic rings. The summed E-state index contributed by atoms with van der Waals surface area (Å²) >= 11 is 0. The lowest BCUT2D eigenvalue weighted by Crippen LogP contribution is -2.15. The van der Waals surface area contributed by atoms with Crippen molar-refractivity contribution in [2.24, 2.45) is 5.73 Å². The second-order valence-electron chi connectivity index (χ2n) is 4.98. The highest BCUT2D eigenvalue weighted by Gasteiger charge is 2.14. The third kappa shape index (κ3) is 2.66. The summed E-state index contributed by atoms with van der Waals surface area (Å²) in [5, 5.41) is 3.76. The summed E-state index contributed by atoms with van der Waals surface area (Å²) in [6.07, 6.45) is 0. The van der Waals surface area contributed by atoms with E-state index in [-0.39, 0.29) is 17.7 Å². The molecule has 0 saturated carbocycles. The Balaban J connectivity index is 1.89. The molecule has 21 heavy (non-hydrogen) atoms. The molecule has 4 heteroatoms. The molecular weight excluding hydrogens is 264 g/mol. The molecule has 2 aromatic carbocycles. The summed E-state index contributed by atoms with van der Waals surface area (Å²) in [5.41, 5.74) is 8.21. The number of nitrogens with two attached hydrogens (primary N) is 1. The van der Waals surface area contributed by atoms with Crippen molar-refractivity contribution in [3.63, 3.8) is 0 Å². The molecule has 0 aliphatic heterocycles. The largest absolute Gasteiger partial charge is 0.451 e. The lowest BCUT2D eigenvalue weighted by Gasteiger charge is -2.12. The minimum Gasteiger partial charge on any atom is -0.451 e. The van der Waals surface area contributed by atoms with Gasteiger partial charge >= 0.3 is 0 Å². The molecule has 0 bridgehead atoms. The van der Waals surface area contributed by atoms with Crippen molar-refractivity contribution in [2.75, 3.05) is 5.32 Å². The first-order chi connectivity index (χ1) is 10.1. The van der Waals surface area contributed by atoms with E-state index < -0.39 is 0 Å². The molecule has 3 aromatic rings. The van der Waals surface area contributed by atoms with E-state index in [1.165, 1.54) is 0 Å². The molecule has 1 atom stereocenters. The van der Waals surface area contributed by atoms with Gasteiger partial charge in [-0.05, 0) is 30.7 Å². The Morgan fingerprint density at radius 3 is 2.62 bits per heavy atom. The number of furan rings is 1. The molecule has 1 amide bonds. The molecule has 0 spiro atoms. The van der Waals surface area contributed by atoms with Crippen LogP contribution in [0.2, 0.25) is 0 Å². The number of anilines is 1. The maximum absolute atomic E-state index is 12.3. The Labute approximate surface area is 122 Å². The van der Waals surface area contributed by atoms with Crippen molar-refractivity contribution in [1.29, 1.82) is 0 Å². The lowest BCUT2D eigenvalue weighted by atomic mass is 10.1. The van der Waals surface area contributed by atoms with Crippen LogP contribution in [0, 0.1) is 0 Å². The van der Waals surface area contributed by atoms with Gasteiger partial charge in [0.05, 0.1) is 0 Å². The summed E-state index contributed by atoms with van der Waals surface area (Å²) in [6, 6.07) is 16.6. The second kappa shape index (κ2) is 5.42. The minimum atomic E-state index is -0.278. The maximum Gasteiger partial charge on any atom is 0.291 e. The third-order valence-corrected chi connectivity index (χ3v) is 3.35. The van der Waals surface area contributed by atoms with Crippen LogP contribution in [-0.4, -0.2) is 5.91 Å². The molecular formula is C17H16N2O2. The molecule has 0 aliphatic carbocycles. The maximum atomic E-state index is 12.3. The van der Waals surface area contributed by atoms with Gasteiger partial charge in [-0.15, -0.1) is 0 Å². The number of para-hydroxylation sites is 2. The molecule has 0 saturated heterocycles. The van der Waals surface area contributed by atoms with E-state index in [2.05, 4.69) is 5.32 Å². The van der Waals surface area contributed by atoms with Crippen molar-refractivity contribution >= 4 is 22.6 Å². The van der Waals surface area contributed by atoms with Crippen LogP contribution in [0.3, 0.4) is 0 Å². The zero-order valence-corrected chi connectivity index (χ0v) is 11.7. The van der Waals surface area contributed by atoms with Gasteiger partial charge < -0.3 is 15.5 Å². The molecule has 0 radical (unpaired) electrons. The SMILES string of the molecule is CC(N)c1ccccc1NC(=O)c1cc2ccccc2o1. The van der Waals surface area contributed by atoms with Gasteiger partial charge in [-0.3, -0.25) is 4.79 Å². The summed E-state index contributed by atoms with van der Waals surface area (Å²) in [7, 11) is 0. The first-order valence-corrected chi connectivity index (χ1v) is 6.79. The number of carbonyl (C=O) groups excluding carboxylic acids is 1. The molecule has 106 valence electrons. The fraction of sp³-hybridized carbons (Fsp3) is 0.118. The summed E-state index contributed by atoms with van der Waals surface area (Å²) in [6.45, 7) is 1.88. The van der Waals surface area contributed by atoms with Crippen LogP contribution in [0.5, 0.6) is 0 Å². The van der Waals surface area contributed by atoms with Crippen LogP contribution >= 0.6 is 0 Å². The molecule has 4 nitrogen and oxygen atoms in total. The van der Waals surface area contributed by atoms with Gasteiger partial charge in [0, 0.05) is 17.1 Å². The summed E-state index contributed by atoms with van der Waals surface area (Å²) in [5.74, 6) is 0.00924. The van der Waals surface area contributed by atoms with E-state index in [0.29, 0.717) is 11.3 Å². The third-order valence-electron chi connectivity index (χ3n) is 3.35. The number of hydrogen-bond donors (Lipinski definition) is 2. The topological polar surface area (TPSA) is 68.3 Å². The molecule has 1 aromatic heterocycles. The second-order valence-corrected chi connectivity index (χ2v) is 4.98. The Morgan fingerprint density at radius 1 is 1.14 bits per heavy atom. The van der Waals surface area contributed by atoms with Gasteiger partial charge in [-0.1, -0.05) is 36.4 Å². The van der Waals surface area contributed by atoms with E-state index >= 15 is 0 Å². The van der Waals surface area contributed by atoms with Crippen LogP contribution in [-0.2, 0) is 0 Å². The molecule has 3 N–H and O–H groups in total. The minimum absolute atomic E-state index is 0.155. The monoisotopic (exact) mass is 280 g/mol. The molecule has 1 unspecified atom stereocenters. The zero-order valence-electron chi connectivity index (χ0n) is 11.7. The van der Waals surface area contributed by atoms with Crippen LogP contribution in [0.1, 0.15) is 29.1 Å². The molecule has 0 fully saturated rings. The summed E-state index contributed by atoms with van der Waals surface area (Å²) < 4.78 is 5.56. The Morgan fingerprint density at radius 2 is 1.86 bits per heavy atom. The van der Waals surface area contributed by atoms with Gasteiger partial charge in [-0.2, -0.15) is 0 Å². The quantitative estimate of drug-likeness (QED) is 0.768. The van der Waals surface area contributed by atoms with Gasteiger partial charge in [-0.25, -0.2) is 0 Å². The number of nitrogens with one attached hydrogen (secondary N) is 1. The highest BCUT2D eigenvalue weighted by atomic mass is 16.3. The zero-order chi connectivity index (χ0) is 14.8.